The molecule has 2 rings (SSSR count). The van der Waals surface area contributed by atoms with Crippen LogP contribution >= 0.6 is 0 Å². The van der Waals surface area contributed by atoms with Gasteiger partial charge in [-0.25, -0.2) is 0 Å². The standard InChI is InChI=1S/C17H21NO2/c1-18(2)15(14-9-5-4-6-10-14)13-20-17-12-8-7-11-16(17)19-3/h4-12,15H,13H2,1-3H3/t15-/m1/s1. The fourth-order valence-electron chi connectivity index (χ4n) is 2.13. The first kappa shape index (κ1) is 14.4. The smallest absolute Gasteiger partial charge is 0.161 e. The molecular weight excluding hydrogens is 250 g/mol. The van der Waals surface area contributed by atoms with Crippen molar-refractivity contribution in [3.05, 3.63) is 60.2 Å². The molecule has 2 aromatic carbocycles. The molecule has 0 heterocycles. The van der Waals surface area contributed by atoms with Crippen molar-refractivity contribution in [2.24, 2.45) is 0 Å². The average Bonchev–Trinajstić information content (AvgIpc) is 2.48. The molecule has 0 aliphatic heterocycles. The van der Waals surface area contributed by atoms with Gasteiger partial charge in [-0.3, -0.25) is 4.90 Å². The van der Waals surface area contributed by atoms with Gasteiger partial charge in [-0.15, -0.1) is 0 Å². The Kier molecular flexibility index (Phi) is 5.02. The highest BCUT2D eigenvalue weighted by Gasteiger charge is 2.15. The summed E-state index contributed by atoms with van der Waals surface area (Å²) < 4.78 is 11.2. The van der Waals surface area contributed by atoms with Crippen LogP contribution in [0, 0.1) is 0 Å². The molecule has 3 nitrogen and oxygen atoms in total. The van der Waals surface area contributed by atoms with Crippen molar-refractivity contribution in [3.8, 4) is 11.5 Å². The van der Waals surface area contributed by atoms with Crippen molar-refractivity contribution in [1.82, 2.24) is 4.90 Å². The first-order valence-electron chi connectivity index (χ1n) is 6.69. The predicted octanol–water partition coefficient (Wildman–Crippen LogP) is 3.38. The van der Waals surface area contributed by atoms with E-state index in [0.717, 1.165) is 11.5 Å². The number of benzene rings is 2. The number of nitrogens with zero attached hydrogens (tertiary/aromatic N) is 1. The summed E-state index contributed by atoms with van der Waals surface area (Å²) in [7, 11) is 5.77. The minimum atomic E-state index is 0.209. The van der Waals surface area contributed by atoms with Crippen molar-refractivity contribution in [2.45, 2.75) is 6.04 Å². The lowest BCUT2D eigenvalue weighted by Gasteiger charge is -2.25. The third-order valence-electron chi connectivity index (χ3n) is 3.27. The second kappa shape index (κ2) is 6.96. The van der Waals surface area contributed by atoms with Gasteiger partial charge in [0, 0.05) is 0 Å². The third-order valence-corrected chi connectivity index (χ3v) is 3.27. The summed E-state index contributed by atoms with van der Waals surface area (Å²) in [5.41, 5.74) is 1.24. The maximum atomic E-state index is 5.94. The second-order valence-corrected chi connectivity index (χ2v) is 4.85. The summed E-state index contributed by atoms with van der Waals surface area (Å²) in [6, 6.07) is 18.3. The molecule has 106 valence electrons. The van der Waals surface area contributed by atoms with Gasteiger partial charge in [-0.2, -0.15) is 0 Å². The summed E-state index contributed by atoms with van der Waals surface area (Å²) >= 11 is 0. The van der Waals surface area contributed by atoms with Crippen LogP contribution in [0.5, 0.6) is 11.5 Å². The molecule has 0 spiro atoms. The van der Waals surface area contributed by atoms with E-state index in [4.69, 9.17) is 9.47 Å². The first-order valence-corrected chi connectivity index (χ1v) is 6.69. The van der Waals surface area contributed by atoms with E-state index in [-0.39, 0.29) is 6.04 Å². The van der Waals surface area contributed by atoms with Gasteiger partial charge in [0.15, 0.2) is 11.5 Å². The molecule has 20 heavy (non-hydrogen) atoms. The zero-order chi connectivity index (χ0) is 14.4. The number of rotatable bonds is 6. The number of methoxy groups -OCH3 is 1. The van der Waals surface area contributed by atoms with Crippen LogP contribution < -0.4 is 9.47 Å². The Bertz CT molecular complexity index is 526. The molecule has 0 amide bonds. The molecule has 0 saturated heterocycles. The number of ether oxygens (including phenoxy) is 2. The van der Waals surface area contributed by atoms with E-state index < -0.39 is 0 Å². The lowest BCUT2D eigenvalue weighted by molar-refractivity contribution is 0.182. The maximum absolute atomic E-state index is 5.94. The Morgan fingerprint density at radius 1 is 0.900 bits per heavy atom. The molecule has 0 fully saturated rings. The van der Waals surface area contributed by atoms with Crippen molar-refractivity contribution in [2.75, 3.05) is 27.8 Å². The van der Waals surface area contributed by atoms with Gasteiger partial charge >= 0.3 is 0 Å². The number of para-hydroxylation sites is 2. The highest BCUT2D eigenvalue weighted by atomic mass is 16.5. The lowest BCUT2D eigenvalue weighted by Crippen LogP contribution is -2.25. The molecule has 0 aliphatic rings. The molecule has 0 aliphatic carbocycles. The molecule has 2 aromatic rings. The Morgan fingerprint density at radius 3 is 2.10 bits per heavy atom. The fourth-order valence-corrected chi connectivity index (χ4v) is 2.13. The van der Waals surface area contributed by atoms with Crippen molar-refractivity contribution in [1.29, 1.82) is 0 Å². The summed E-state index contributed by atoms with van der Waals surface area (Å²) in [4.78, 5) is 2.16. The van der Waals surface area contributed by atoms with Crippen LogP contribution in [-0.2, 0) is 0 Å². The van der Waals surface area contributed by atoms with Crippen LogP contribution in [-0.4, -0.2) is 32.7 Å². The van der Waals surface area contributed by atoms with Gasteiger partial charge in [0.1, 0.15) is 6.61 Å². The van der Waals surface area contributed by atoms with Gasteiger partial charge in [-0.1, -0.05) is 42.5 Å². The molecule has 0 bridgehead atoms. The zero-order valence-electron chi connectivity index (χ0n) is 12.2. The number of hydrogen-bond acceptors (Lipinski definition) is 3. The molecule has 3 heteroatoms. The molecular formula is C17H21NO2. The highest BCUT2D eigenvalue weighted by molar-refractivity contribution is 5.39. The van der Waals surface area contributed by atoms with E-state index in [9.17, 15) is 0 Å². The Labute approximate surface area is 120 Å². The van der Waals surface area contributed by atoms with E-state index in [1.165, 1.54) is 5.56 Å². The van der Waals surface area contributed by atoms with E-state index in [1.54, 1.807) is 7.11 Å². The van der Waals surface area contributed by atoms with E-state index in [0.29, 0.717) is 6.61 Å². The van der Waals surface area contributed by atoms with Crippen molar-refractivity contribution < 1.29 is 9.47 Å². The molecule has 1 atom stereocenters. The second-order valence-electron chi connectivity index (χ2n) is 4.85. The Hall–Kier alpha value is -2.00. The van der Waals surface area contributed by atoms with Crippen LogP contribution in [0.1, 0.15) is 11.6 Å². The van der Waals surface area contributed by atoms with Gasteiger partial charge < -0.3 is 9.47 Å². The summed E-state index contributed by atoms with van der Waals surface area (Å²) in [5.74, 6) is 1.54. The van der Waals surface area contributed by atoms with Crippen LogP contribution in [0.2, 0.25) is 0 Å². The molecule has 0 radical (unpaired) electrons. The van der Waals surface area contributed by atoms with E-state index in [1.807, 2.05) is 30.3 Å². The molecule has 0 saturated carbocycles. The van der Waals surface area contributed by atoms with Crippen molar-refractivity contribution >= 4 is 0 Å². The molecule has 0 aromatic heterocycles. The third kappa shape index (κ3) is 3.52. The minimum absolute atomic E-state index is 0.209. The zero-order valence-corrected chi connectivity index (χ0v) is 12.2. The quantitative estimate of drug-likeness (QED) is 0.804. The van der Waals surface area contributed by atoms with Gasteiger partial charge in [0.05, 0.1) is 13.2 Å². The topological polar surface area (TPSA) is 21.7 Å². The van der Waals surface area contributed by atoms with Gasteiger partial charge in [0.2, 0.25) is 0 Å². The predicted molar refractivity (Wildman–Crippen MR) is 81.4 cm³/mol. The van der Waals surface area contributed by atoms with Gasteiger partial charge in [-0.05, 0) is 31.8 Å². The van der Waals surface area contributed by atoms with Crippen LogP contribution in [0.25, 0.3) is 0 Å². The SMILES string of the molecule is COc1ccccc1OC[C@H](c1ccccc1)N(C)C. The van der Waals surface area contributed by atoms with Gasteiger partial charge in [0.25, 0.3) is 0 Å². The number of hydrogen-bond donors (Lipinski definition) is 0. The van der Waals surface area contributed by atoms with Crippen molar-refractivity contribution in [3.63, 3.8) is 0 Å². The molecule has 0 N–H and O–H groups in total. The summed E-state index contributed by atoms with van der Waals surface area (Å²) in [6.45, 7) is 0.581. The minimum Gasteiger partial charge on any atom is -0.493 e. The fraction of sp³-hybridized carbons (Fsp3) is 0.294. The number of likely N-dealkylation sites (N-methyl/N-ethyl adjacent to an activating group) is 1. The lowest BCUT2D eigenvalue weighted by atomic mass is 10.1. The Morgan fingerprint density at radius 2 is 1.50 bits per heavy atom. The Balaban J connectivity index is 2.10. The maximum Gasteiger partial charge on any atom is 0.161 e. The monoisotopic (exact) mass is 271 g/mol. The highest BCUT2D eigenvalue weighted by Crippen LogP contribution is 2.28. The summed E-state index contributed by atoms with van der Waals surface area (Å²) in [6.07, 6.45) is 0. The van der Waals surface area contributed by atoms with E-state index >= 15 is 0 Å². The van der Waals surface area contributed by atoms with Crippen LogP contribution in [0.3, 0.4) is 0 Å². The average molecular weight is 271 g/mol. The summed E-state index contributed by atoms with van der Waals surface area (Å²) in [5, 5.41) is 0. The largest absolute Gasteiger partial charge is 0.493 e. The molecule has 0 unspecified atom stereocenters. The van der Waals surface area contributed by atoms with Crippen LogP contribution in [0.15, 0.2) is 54.6 Å². The van der Waals surface area contributed by atoms with E-state index in [2.05, 4.69) is 43.3 Å². The first-order chi connectivity index (χ1) is 9.72. The van der Waals surface area contributed by atoms with Crippen LogP contribution in [0.4, 0.5) is 0 Å². The normalized spacial score (nSPS) is 12.2.